The number of esters is 1. The summed E-state index contributed by atoms with van der Waals surface area (Å²) >= 11 is 0. The molecule has 1 unspecified atom stereocenters. The van der Waals surface area contributed by atoms with Crippen molar-refractivity contribution in [2.24, 2.45) is 16.3 Å². The van der Waals surface area contributed by atoms with Crippen LogP contribution in [0.2, 0.25) is 0 Å². The van der Waals surface area contributed by atoms with Crippen LogP contribution >= 0.6 is 0 Å². The third-order valence-corrected chi connectivity index (χ3v) is 4.97. The Hall–Kier alpha value is -2.30. The Bertz CT molecular complexity index is 791. The van der Waals surface area contributed by atoms with Gasteiger partial charge in [0.25, 0.3) is 0 Å². The number of allylic oxidation sites excluding steroid dienone is 2. The quantitative estimate of drug-likeness (QED) is 0.773. The highest BCUT2D eigenvalue weighted by molar-refractivity contribution is 6.09. The lowest BCUT2D eigenvalue weighted by Gasteiger charge is -2.39. The largest absolute Gasteiger partial charge is 0.462 e. The van der Waals surface area contributed by atoms with Gasteiger partial charge in [0, 0.05) is 41.7 Å². The molecule has 0 radical (unpaired) electrons. The molecule has 0 saturated heterocycles. The highest BCUT2D eigenvalue weighted by Gasteiger charge is 2.46. The van der Waals surface area contributed by atoms with Crippen LogP contribution in [0.15, 0.2) is 40.8 Å². The minimum atomic E-state index is -0.580. The molecule has 1 aromatic rings. The smallest absolute Gasteiger partial charge is 0.315 e. The van der Waals surface area contributed by atoms with Gasteiger partial charge in [-0.05, 0) is 50.3 Å². The van der Waals surface area contributed by atoms with Crippen molar-refractivity contribution >= 4 is 17.5 Å². The van der Waals surface area contributed by atoms with Crippen LogP contribution in [0.25, 0.3) is 0 Å². The molecule has 0 spiro atoms. The number of Topliss-reactive ketones (excluding diaryl/α,β-unsaturated/α-hetero) is 1. The average molecular weight is 354 g/mol. The lowest BCUT2D eigenvalue weighted by Crippen LogP contribution is -2.40. The van der Waals surface area contributed by atoms with Gasteiger partial charge in [-0.25, -0.2) is 0 Å². The van der Waals surface area contributed by atoms with Gasteiger partial charge in [0.2, 0.25) is 0 Å². The van der Waals surface area contributed by atoms with Crippen LogP contribution in [0.1, 0.15) is 58.9 Å². The van der Waals surface area contributed by atoms with Crippen LogP contribution in [0, 0.1) is 11.3 Å². The molecule has 1 aliphatic carbocycles. The van der Waals surface area contributed by atoms with Gasteiger partial charge in [-0.15, -0.1) is 0 Å². The fourth-order valence-corrected chi connectivity index (χ4v) is 3.99. The summed E-state index contributed by atoms with van der Waals surface area (Å²) in [6.07, 6.45) is 4.37. The van der Waals surface area contributed by atoms with Crippen molar-refractivity contribution in [3.8, 4) is 0 Å². The zero-order chi connectivity index (χ0) is 19.1. The maximum atomic E-state index is 13.0. The minimum Gasteiger partial charge on any atom is -0.462 e. The van der Waals surface area contributed by atoms with E-state index in [1.165, 1.54) is 0 Å². The van der Waals surface area contributed by atoms with Gasteiger partial charge in [-0.1, -0.05) is 13.8 Å². The topological polar surface area (TPSA) is 68.6 Å². The lowest BCUT2D eigenvalue weighted by molar-refractivity contribution is -0.150. The van der Waals surface area contributed by atoms with Gasteiger partial charge in [-0.2, -0.15) is 0 Å². The maximum Gasteiger partial charge on any atom is 0.315 e. The molecule has 0 N–H and O–H groups in total. The normalized spacial score (nSPS) is 25.0. The number of carbonyl (C=O) groups is 2. The molecule has 0 aromatic carbocycles. The van der Waals surface area contributed by atoms with Gasteiger partial charge in [0.1, 0.15) is 5.92 Å². The molecular weight excluding hydrogens is 328 g/mol. The first-order valence-electron chi connectivity index (χ1n) is 9.11. The van der Waals surface area contributed by atoms with Gasteiger partial charge >= 0.3 is 5.97 Å². The maximum absolute atomic E-state index is 13.0. The van der Waals surface area contributed by atoms with Crippen molar-refractivity contribution in [3.63, 3.8) is 0 Å². The second kappa shape index (κ2) is 6.78. The van der Waals surface area contributed by atoms with Gasteiger partial charge in [0.05, 0.1) is 6.10 Å². The predicted molar refractivity (Wildman–Crippen MR) is 99.9 cm³/mol. The third kappa shape index (κ3) is 3.48. The van der Waals surface area contributed by atoms with Crippen LogP contribution in [-0.2, 0) is 14.3 Å². The molecule has 0 bridgehead atoms. The number of aliphatic imine (C=N–C) groups is 1. The van der Waals surface area contributed by atoms with Crippen molar-refractivity contribution in [2.75, 3.05) is 0 Å². The van der Waals surface area contributed by atoms with E-state index < -0.39 is 5.92 Å². The Morgan fingerprint density at radius 2 is 1.88 bits per heavy atom. The van der Waals surface area contributed by atoms with Crippen molar-refractivity contribution in [3.05, 3.63) is 41.4 Å². The predicted octanol–water partition coefficient (Wildman–Crippen LogP) is 3.85. The average Bonchev–Trinajstić information content (AvgIpc) is 2.52. The van der Waals surface area contributed by atoms with Crippen molar-refractivity contribution in [2.45, 2.75) is 59.5 Å². The molecule has 1 aromatic heterocycles. The fraction of sp³-hybridized carbons (Fsp3) is 0.524. The van der Waals surface area contributed by atoms with E-state index in [1.54, 1.807) is 12.4 Å². The molecule has 0 saturated carbocycles. The summed E-state index contributed by atoms with van der Waals surface area (Å²) in [5.74, 6) is -1.19. The number of hydrogen-bond acceptors (Lipinski definition) is 5. The summed E-state index contributed by atoms with van der Waals surface area (Å²) in [6, 6.07) is 3.74. The number of hydrogen-bond donors (Lipinski definition) is 0. The minimum absolute atomic E-state index is 0.0802. The highest BCUT2D eigenvalue weighted by atomic mass is 16.5. The van der Waals surface area contributed by atoms with Crippen LogP contribution in [0.5, 0.6) is 0 Å². The Morgan fingerprint density at radius 1 is 1.23 bits per heavy atom. The first-order chi connectivity index (χ1) is 12.2. The Balaban J connectivity index is 2.14. The summed E-state index contributed by atoms with van der Waals surface area (Å²) in [5, 5.41) is 0. The number of ketones is 1. The van der Waals surface area contributed by atoms with E-state index in [4.69, 9.17) is 9.73 Å². The lowest BCUT2D eigenvalue weighted by atomic mass is 9.67. The molecule has 2 heterocycles. The summed E-state index contributed by atoms with van der Waals surface area (Å²) in [4.78, 5) is 34.7. The monoisotopic (exact) mass is 354 g/mol. The van der Waals surface area contributed by atoms with Gasteiger partial charge in [-0.3, -0.25) is 19.6 Å². The molecule has 0 amide bonds. The van der Waals surface area contributed by atoms with Crippen LogP contribution in [0.3, 0.4) is 0 Å². The van der Waals surface area contributed by atoms with Gasteiger partial charge < -0.3 is 4.74 Å². The van der Waals surface area contributed by atoms with E-state index in [0.717, 1.165) is 17.7 Å². The Morgan fingerprint density at radius 3 is 2.50 bits per heavy atom. The van der Waals surface area contributed by atoms with Crippen LogP contribution in [-0.4, -0.2) is 28.6 Å². The molecule has 5 nitrogen and oxygen atoms in total. The zero-order valence-corrected chi connectivity index (χ0v) is 16.1. The number of pyridine rings is 1. The van der Waals surface area contributed by atoms with Crippen molar-refractivity contribution in [1.29, 1.82) is 0 Å². The number of ether oxygens (including phenoxy) is 1. The first-order valence-corrected chi connectivity index (χ1v) is 9.11. The van der Waals surface area contributed by atoms with Gasteiger partial charge in [0.15, 0.2) is 5.78 Å². The molecule has 3 rings (SSSR count). The second-order valence-electron chi connectivity index (χ2n) is 8.28. The molecule has 26 heavy (non-hydrogen) atoms. The summed E-state index contributed by atoms with van der Waals surface area (Å²) in [5.41, 5.74) is 2.99. The molecule has 2 aliphatic rings. The SMILES string of the molecule is CC1=NC2=C(C(=O)CC(C)(C)C2)[C@H](c2ccncc2)C1C(=O)OC(C)C. The third-order valence-electron chi connectivity index (χ3n) is 4.97. The molecular formula is C21H26N2O3. The molecule has 0 fully saturated rings. The number of carbonyl (C=O) groups excluding carboxylic acids is 2. The zero-order valence-electron chi connectivity index (χ0n) is 16.1. The van der Waals surface area contributed by atoms with Crippen molar-refractivity contribution in [1.82, 2.24) is 4.98 Å². The molecule has 5 heteroatoms. The highest BCUT2D eigenvalue weighted by Crippen LogP contribution is 2.47. The van der Waals surface area contributed by atoms with Crippen LogP contribution < -0.4 is 0 Å². The summed E-state index contributed by atoms with van der Waals surface area (Å²) in [6.45, 7) is 9.68. The van der Waals surface area contributed by atoms with E-state index in [9.17, 15) is 9.59 Å². The number of nitrogens with zero attached hydrogens (tertiary/aromatic N) is 2. The molecule has 138 valence electrons. The number of aromatic nitrogens is 1. The first kappa shape index (κ1) is 18.5. The number of rotatable bonds is 3. The van der Waals surface area contributed by atoms with E-state index >= 15 is 0 Å². The Kier molecular flexibility index (Phi) is 4.82. The van der Waals surface area contributed by atoms with Crippen molar-refractivity contribution < 1.29 is 14.3 Å². The summed E-state index contributed by atoms with van der Waals surface area (Å²) < 4.78 is 5.50. The Labute approximate surface area is 154 Å². The van der Waals surface area contributed by atoms with E-state index in [2.05, 4.69) is 18.8 Å². The second-order valence-corrected chi connectivity index (χ2v) is 8.28. The molecule has 1 aliphatic heterocycles. The fourth-order valence-electron chi connectivity index (χ4n) is 3.99. The standard InChI is InChI=1S/C21H26N2O3/c1-12(2)26-20(25)17-13(3)23-15-10-21(4,5)11-16(24)19(15)18(17)14-6-8-22-9-7-14/h6-9,12,17-18H,10-11H2,1-5H3/t17?,18-/m1/s1. The van der Waals surface area contributed by atoms with E-state index in [0.29, 0.717) is 17.7 Å². The van der Waals surface area contributed by atoms with Crippen LogP contribution in [0.4, 0.5) is 0 Å². The van der Waals surface area contributed by atoms with E-state index in [-0.39, 0.29) is 29.2 Å². The molecule has 2 atom stereocenters. The summed E-state index contributed by atoms with van der Waals surface area (Å²) in [7, 11) is 0. The van der Waals surface area contributed by atoms with E-state index in [1.807, 2.05) is 32.9 Å².